The maximum Gasteiger partial charge on any atom is 2.00 e. The molecule has 0 aliphatic heterocycles. The van der Waals surface area contributed by atoms with Crippen LogP contribution >= 0.6 is 0 Å². The Labute approximate surface area is 287 Å². The van der Waals surface area contributed by atoms with Gasteiger partial charge in [-0.1, -0.05) is 152 Å². The fourth-order valence-electron chi connectivity index (χ4n) is 6.37. The minimum atomic E-state index is -0.836. The van der Waals surface area contributed by atoms with E-state index >= 15 is 0 Å². The Morgan fingerprint density at radius 3 is 1.20 bits per heavy atom. The number of nitrogens with zero attached hydrogens (tertiary/aromatic N) is 6. The SMILES string of the molecule is Cc1c(C(C)(C)C)n[c-]n1-c1cccc(C(c2ccccc2)(c2ccccc2)c2cccc(-n3[c-]nc(C(C)(C)C)c3C)n2)n1.[Pt+2]. The van der Waals surface area contributed by atoms with Crippen LogP contribution in [0.4, 0.5) is 0 Å². The van der Waals surface area contributed by atoms with Crippen LogP contribution in [0.1, 0.15) is 86.8 Å². The summed E-state index contributed by atoms with van der Waals surface area (Å²) >= 11 is 0. The zero-order chi connectivity index (χ0) is 32.0. The predicted octanol–water partition coefficient (Wildman–Crippen LogP) is 8.04. The van der Waals surface area contributed by atoms with Crippen molar-refractivity contribution >= 4 is 0 Å². The summed E-state index contributed by atoms with van der Waals surface area (Å²) in [4.78, 5) is 20.1. The minimum Gasteiger partial charge on any atom is -0.415 e. The van der Waals surface area contributed by atoms with E-state index in [1.165, 1.54) is 0 Å². The van der Waals surface area contributed by atoms with Crippen molar-refractivity contribution in [2.75, 3.05) is 0 Å². The molecule has 0 spiro atoms. The monoisotopic (exact) mass is 787 g/mol. The third kappa shape index (κ3) is 5.80. The van der Waals surface area contributed by atoms with Crippen LogP contribution in [0.3, 0.4) is 0 Å². The first kappa shape index (κ1) is 33.2. The summed E-state index contributed by atoms with van der Waals surface area (Å²) in [6.45, 7) is 17.2. The van der Waals surface area contributed by atoms with Gasteiger partial charge in [0.15, 0.2) is 0 Å². The van der Waals surface area contributed by atoms with Gasteiger partial charge >= 0.3 is 21.1 Å². The van der Waals surface area contributed by atoms with Crippen LogP contribution in [-0.4, -0.2) is 29.1 Å². The van der Waals surface area contributed by atoms with Crippen LogP contribution in [-0.2, 0) is 37.3 Å². The second-order valence-electron chi connectivity index (χ2n) is 13.7. The smallest absolute Gasteiger partial charge is 0.415 e. The molecule has 0 unspecified atom stereocenters. The molecule has 46 heavy (non-hydrogen) atoms. The molecular weight excluding hydrogens is 748 g/mol. The van der Waals surface area contributed by atoms with E-state index in [9.17, 15) is 0 Å². The van der Waals surface area contributed by atoms with Crippen molar-refractivity contribution in [3.8, 4) is 11.6 Å². The number of benzene rings is 2. The van der Waals surface area contributed by atoms with Crippen LogP contribution in [0.2, 0.25) is 0 Å². The molecule has 0 aliphatic rings. The first-order chi connectivity index (χ1) is 21.4. The first-order valence-corrected chi connectivity index (χ1v) is 15.4. The molecule has 0 N–H and O–H groups in total. The van der Waals surface area contributed by atoms with Crippen LogP contribution in [0.15, 0.2) is 97.1 Å². The van der Waals surface area contributed by atoms with Crippen LogP contribution < -0.4 is 0 Å². The number of rotatable bonds is 6. The second kappa shape index (κ2) is 12.6. The molecule has 236 valence electrons. The summed E-state index contributed by atoms with van der Waals surface area (Å²) in [6, 6.07) is 33.4. The van der Waals surface area contributed by atoms with E-state index in [2.05, 4.69) is 151 Å². The van der Waals surface area contributed by atoms with Crippen molar-refractivity contribution in [1.82, 2.24) is 29.1 Å². The number of imidazole rings is 2. The van der Waals surface area contributed by atoms with Gasteiger partial charge in [0, 0.05) is 12.7 Å². The molecule has 0 saturated heterocycles. The normalized spacial score (nSPS) is 12.2. The van der Waals surface area contributed by atoms with Gasteiger partial charge in [-0.05, 0) is 45.5 Å². The molecule has 0 atom stereocenters. The molecule has 0 fully saturated rings. The molecule has 0 bridgehead atoms. The van der Waals surface area contributed by atoms with E-state index in [1.807, 2.05) is 33.4 Å². The summed E-state index contributed by atoms with van der Waals surface area (Å²) in [5.74, 6) is 1.52. The van der Waals surface area contributed by atoms with Gasteiger partial charge in [0.2, 0.25) is 0 Å². The molecular formula is C39H40N6Pt. The van der Waals surface area contributed by atoms with Gasteiger partial charge in [-0.15, -0.1) is 0 Å². The van der Waals surface area contributed by atoms with E-state index < -0.39 is 5.41 Å². The molecule has 0 saturated carbocycles. The van der Waals surface area contributed by atoms with Crippen molar-refractivity contribution in [3.63, 3.8) is 0 Å². The van der Waals surface area contributed by atoms with Gasteiger partial charge in [-0.3, -0.25) is 9.97 Å². The third-order valence-electron chi connectivity index (χ3n) is 8.41. The maximum atomic E-state index is 5.38. The average Bonchev–Trinajstić information content (AvgIpc) is 3.62. The largest absolute Gasteiger partial charge is 2.00 e. The van der Waals surface area contributed by atoms with E-state index in [4.69, 9.17) is 9.97 Å². The van der Waals surface area contributed by atoms with Crippen LogP contribution in [0.25, 0.3) is 11.6 Å². The van der Waals surface area contributed by atoms with Gasteiger partial charge in [0.05, 0.1) is 23.0 Å². The summed E-state index contributed by atoms with van der Waals surface area (Å²) < 4.78 is 3.93. The molecule has 6 aromatic rings. The van der Waals surface area contributed by atoms with Crippen molar-refractivity contribution in [3.05, 3.63) is 155 Å². The number of hydrogen-bond donors (Lipinski definition) is 0. The maximum absolute atomic E-state index is 5.38. The van der Waals surface area contributed by atoms with Gasteiger partial charge in [0.1, 0.15) is 5.41 Å². The molecule has 7 heteroatoms. The summed E-state index contributed by atoms with van der Waals surface area (Å²) in [5, 5.41) is 0. The van der Waals surface area contributed by atoms with Crippen molar-refractivity contribution in [2.24, 2.45) is 0 Å². The number of hydrogen-bond acceptors (Lipinski definition) is 4. The van der Waals surface area contributed by atoms with Crippen molar-refractivity contribution in [1.29, 1.82) is 0 Å². The first-order valence-electron chi connectivity index (χ1n) is 15.4. The van der Waals surface area contributed by atoms with Gasteiger partial charge in [-0.2, -0.15) is 0 Å². The molecule has 0 radical (unpaired) electrons. The Morgan fingerprint density at radius 1 is 0.500 bits per heavy atom. The molecule has 0 amide bonds. The van der Waals surface area contributed by atoms with Crippen molar-refractivity contribution < 1.29 is 21.1 Å². The molecule has 6 nitrogen and oxygen atoms in total. The van der Waals surface area contributed by atoms with E-state index in [-0.39, 0.29) is 31.9 Å². The Morgan fingerprint density at radius 2 is 0.870 bits per heavy atom. The quantitative estimate of drug-likeness (QED) is 0.161. The topological polar surface area (TPSA) is 61.4 Å². The van der Waals surface area contributed by atoms with Gasteiger partial charge in [0.25, 0.3) is 0 Å². The average molecular weight is 788 g/mol. The van der Waals surface area contributed by atoms with E-state index in [0.717, 1.165) is 56.9 Å². The fourth-order valence-corrected chi connectivity index (χ4v) is 6.37. The zero-order valence-electron chi connectivity index (χ0n) is 27.7. The van der Waals surface area contributed by atoms with E-state index in [1.54, 1.807) is 0 Å². The Kier molecular flexibility index (Phi) is 9.07. The van der Waals surface area contributed by atoms with Gasteiger partial charge in [-0.25, -0.2) is 0 Å². The fraction of sp³-hybridized carbons (Fsp3) is 0.282. The molecule has 2 aromatic carbocycles. The molecule has 4 aromatic heterocycles. The summed E-state index contributed by atoms with van der Waals surface area (Å²) in [7, 11) is 0. The third-order valence-corrected chi connectivity index (χ3v) is 8.41. The molecule has 0 aliphatic carbocycles. The number of aromatic nitrogens is 6. The summed E-state index contributed by atoms with van der Waals surface area (Å²) in [5.41, 5.74) is 6.83. The Balaban J connectivity index is 0.00000417. The molecule has 4 heterocycles. The standard InChI is InChI=1S/C39H40N6.Pt/c1-27-35(37(3,4)5)40-25-44(27)33-23-15-21-31(42-33)39(29-17-11-9-12-18-29,30-19-13-10-14-20-30)32-22-16-24-34(43-32)45-26-41-36(28(45)2)38(6,7)8;/h9-24H,1-8H3;/q-2;+2. The number of pyridine rings is 2. The second-order valence-corrected chi connectivity index (χ2v) is 13.7. The molecule has 6 rings (SSSR count). The zero-order valence-corrected chi connectivity index (χ0v) is 30.0. The van der Waals surface area contributed by atoms with Crippen LogP contribution in [0, 0.1) is 26.5 Å². The minimum absolute atomic E-state index is 0. The van der Waals surface area contributed by atoms with E-state index in [0.29, 0.717) is 0 Å². The van der Waals surface area contributed by atoms with Gasteiger partial charge < -0.3 is 19.1 Å². The summed E-state index contributed by atoms with van der Waals surface area (Å²) in [6.07, 6.45) is 6.44. The Hall–Kier alpha value is -4.15. The van der Waals surface area contributed by atoms with Crippen LogP contribution in [0.5, 0.6) is 0 Å². The Bertz CT molecular complexity index is 1800. The predicted molar refractivity (Wildman–Crippen MR) is 179 cm³/mol. The van der Waals surface area contributed by atoms with Crippen molar-refractivity contribution in [2.45, 2.75) is 71.6 Å².